The molecule has 38 heavy (non-hydrogen) atoms. The van der Waals surface area contributed by atoms with Crippen LogP contribution in [0.1, 0.15) is 50.6 Å². The predicted molar refractivity (Wildman–Crippen MR) is 158 cm³/mol. The molecule has 0 spiro atoms. The van der Waals surface area contributed by atoms with Crippen molar-refractivity contribution >= 4 is 41.3 Å². The van der Waals surface area contributed by atoms with E-state index in [1.165, 1.54) is 0 Å². The van der Waals surface area contributed by atoms with E-state index in [-0.39, 0.29) is 18.4 Å². The van der Waals surface area contributed by atoms with E-state index in [4.69, 9.17) is 27.1 Å². The molecule has 0 bridgehead atoms. The Morgan fingerprint density at radius 3 is 2.76 bits per heavy atom. The van der Waals surface area contributed by atoms with E-state index in [0.717, 1.165) is 86.1 Å². The van der Waals surface area contributed by atoms with E-state index >= 15 is 0 Å². The van der Waals surface area contributed by atoms with Gasteiger partial charge in [0.1, 0.15) is 5.82 Å². The SMILES string of the molecule is CCCOCCCCCNc1nccn2c(-c3cccc(NC(CCN)c4cccc(Cl)c4)n3)cnc12.Cl. The second kappa shape index (κ2) is 15.5. The summed E-state index contributed by atoms with van der Waals surface area (Å²) in [5, 5.41) is 7.67. The summed E-state index contributed by atoms with van der Waals surface area (Å²) in [5.74, 6) is 1.54. The molecule has 1 aromatic carbocycles. The molecule has 1 unspecified atom stereocenters. The van der Waals surface area contributed by atoms with Gasteiger partial charge in [-0.25, -0.2) is 15.0 Å². The van der Waals surface area contributed by atoms with E-state index in [2.05, 4.69) is 33.6 Å². The van der Waals surface area contributed by atoms with Crippen LogP contribution in [-0.4, -0.2) is 45.7 Å². The first-order valence-corrected chi connectivity index (χ1v) is 13.4. The first-order valence-electron chi connectivity index (χ1n) is 13.0. The van der Waals surface area contributed by atoms with Crippen LogP contribution in [0.4, 0.5) is 11.6 Å². The molecule has 0 fully saturated rings. The summed E-state index contributed by atoms with van der Waals surface area (Å²) >= 11 is 6.22. The van der Waals surface area contributed by atoms with Crippen molar-refractivity contribution in [1.29, 1.82) is 0 Å². The molecule has 0 radical (unpaired) electrons. The molecule has 0 aliphatic rings. The van der Waals surface area contributed by atoms with Gasteiger partial charge in [-0.15, -0.1) is 12.4 Å². The van der Waals surface area contributed by atoms with Gasteiger partial charge in [0.15, 0.2) is 11.5 Å². The summed E-state index contributed by atoms with van der Waals surface area (Å²) < 4.78 is 7.57. The minimum atomic E-state index is 0. The molecule has 1 atom stereocenters. The number of hydrogen-bond donors (Lipinski definition) is 3. The number of anilines is 2. The molecule has 3 heterocycles. The number of imidazole rings is 1. The fourth-order valence-electron chi connectivity index (χ4n) is 4.24. The van der Waals surface area contributed by atoms with E-state index in [9.17, 15) is 0 Å². The van der Waals surface area contributed by atoms with Crippen LogP contribution in [0.3, 0.4) is 0 Å². The number of unbranched alkanes of at least 4 members (excludes halogenated alkanes) is 2. The molecule has 204 valence electrons. The van der Waals surface area contributed by atoms with Crippen LogP contribution < -0.4 is 16.4 Å². The minimum absolute atomic E-state index is 0. The van der Waals surface area contributed by atoms with Crippen molar-refractivity contribution in [3.63, 3.8) is 0 Å². The monoisotopic (exact) mass is 557 g/mol. The molecular weight excluding hydrogens is 521 g/mol. The van der Waals surface area contributed by atoms with Crippen molar-refractivity contribution in [3.8, 4) is 11.4 Å². The predicted octanol–water partition coefficient (Wildman–Crippen LogP) is 6.38. The first kappa shape index (κ1) is 29.6. The third-order valence-electron chi connectivity index (χ3n) is 6.07. The summed E-state index contributed by atoms with van der Waals surface area (Å²) in [6.07, 6.45) is 10.6. The summed E-state index contributed by atoms with van der Waals surface area (Å²) in [6, 6.07) is 13.8. The van der Waals surface area contributed by atoms with E-state index in [1.54, 1.807) is 6.20 Å². The molecule has 4 N–H and O–H groups in total. The highest BCUT2D eigenvalue weighted by Crippen LogP contribution is 2.27. The zero-order chi connectivity index (χ0) is 25.9. The van der Waals surface area contributed by atoms with Crippen LogP contribution in [0.15, 0.2) is 61.1 Å². The molecule has 0 saturated carbocycles. The van der Waals surface area contributed by atoms with Crippen molar-refractivity contribution in [3.05, 3.63) is 71.6 Å². The third kappa shape index (κ3) is 8.04. The van der Waals surface area contributed by atoms with Gasteiger partial charge in [-0.3, -0.25) is 4.40 Å². The number of nitrogens with one attached hydrogen (secondary N) is 2. The maximum atomic E-state index is 6.22. The van der Waals surface area contributed by atoms with Gasteiger partial charge in [0, 0.05) is 37.2 Å². The number of aromatic nitrogens is 4. The zero-order valence-corrected chi connectivity index (χ0v) is 23.3. The summed E-state index contributed by atoms with van der Waals surface area (Å²) in [5.41, 5.74) is 9.47. The lowest BCUT2D eigenvalue weighted by Crippen LogP contribution is -2.16. The fraction of sp³-hybridized carbons (Fsp3) is 0.393. The number of nitrogens with two attached hydrogens (primary N) is 1. The average molecular weight is 559 g/mol. The Morgan fingerprint density at radius 1 is 1.08 bits per heavy atom. The third-order valence-corrected chi connectivity index (χ3v) is 6.31. The Labute approximate surface area is 235 Å². The Morgan fingerprint density at radius 2 is 1.95 bits per heavy atom. The fourth-order valence-corrected chi connectivity index (χ4v) is 4.44. The van der Waals surface area contributed by atoms with Crippen molar-refractivity contribution in [2.75, 3.05) is 36.9 Å². The molecule has 4 rings (SSSR count). The van der Waals surface area contributed by atoms with Crippen LogP contribution in [0, 0.1) is 0 Å². The van der Waals surface area contributed by atoms with Gasteiger partial charge in [-0.2, -0.15) is 0 Å². The Kier molecular flexibility index (Phi) is 12.1. The second-order valence-electron chi connectivity index (χ2n) is 8.95. The molecule has 0 aliphatic heterocycles. The van der Waals surface area contributed by atoms with Crippen LogP contribution in [0.5, 0.6) is 0 Å². The molecule has 3 aromatic heterocycles. The van der Waals surface area contributed by atoms with Crippen molar-refractivity contribution in [2.45, 2.75) is 45.1 Å². The van der Waals surface area contributed by atoms with Gasteiger partial charge >= 0.3 is 0 Å². The topological polar surface area (TPSA) is 102 Å². The normalized spacial score (nSPS) is 11.8. The molecule has 0 amide bonds. The highest BCUT2D eigenvalue weighted by molar-refractivity contribution is 6.30. The van der Waals surface area contributed by atoms with Gasteiger partial charge in [0.25, 0.3) is 0 Å². The standard InChI is InChI=1S/C28H36ClN7O.ClH/c1-2-17-37-18-5-3-4-14-31-27-28-33-20-25(36(28)16-15-32-27)24-10-7-11-26(35-24)34-23(12-13-30)21-8-6-9-22(29)19-21;/h6-11,15-16,19-20,23H,2-5,12-14,17-18,30H2,1H3,(H,31,32)(H,34,35);1H. The largest absolute Gasteiger partial charge is 0.381 e. The molecule has 0 aliphatic carbocycles. The number of ether oxygens (including phenoxy) is 1. The van der Waals surface area contributed by atoms with E-state index < -0.39 is 0 Å². The average Bonchev–Trinajstić information content (AvgIpc) is 3.35. The minimum Gasteiger partial charge on any atom is -0.381 e. The molecule has 0 saturated heterocycles. The number of benzene rings is 1. The summed E-state index contributed by atoms with van der Waals surface area (Å²) in [6.45, 7) is 5.19. The smallest absolute Gasteiger partial charge is 0.180 e. The Balaban J connectivity index is 0.00000400. The van der Waals surface area contributed by atoms with Crippen molar-refractivity contribution in [2.24, 2.45) is 5.73 Å². The highest BCUT2D eigenvalue weighted by atomic mass is 35.5. The van der Waals surface area contributed by atoms with Crippen LogP contribution in [0.25, 0.3) is 17.0 Å². The van der Waals surface area contributed by atoms with E-state index in [0.29, 0.717) is 11.6 Å². The highest BCUT2D eigenvalue weighted by Gasteiger charge is 2.15. The van der Waals surface area contributed by atoms with Crippen LogP contribution in [-0.2, 0) is 4.74 Å². The van der Waals surface area contributed by atoms with Crippen LogP contribution in [0.2, 0.25) is 5.02 Å². The number of rotatable bonds is 15. The lowest BCUT2D eigenvalue weighted by atomic mass is 10.0. The van der Waals surface area contributed by atoms with Gasteiger partial charge in [-0.1, -0.05) is 36.7 Å². The van der Waals surface area contributed by atoms with Crippen LogP contribution >= 0.6 is 24.0 Å². The lowest BCUT2D eigenvalue weighted by Gasteiger charge is -2.20. The lowest BCUT2D eigenvalue weighted by molar-refractivity contribution is 0.131. The van der Waals surface area contributed by atoms with Crippen molar-refractivity contribution < 1.29 is 4.74 Å². The van der Waals surface area contributed by atoms with Gasteiger partial charge in [-0.05, 0) is 68.5 Å². The maximum absolute atomic E-state index is 6.22. The number of pyridine rings is 1. The van der Waals surface area contributed by atoms with Gasteiger partial charge < -0.3 is 21.1 Å². The Hall–Kier alpha value is -2.91. The second-order valence-corrected chi connectivity index (χ2v) is 9.39. The maximum Gasteiger partial charge on any atom is 0.180 e. The first-order chi connectivity index (χ1) is 18.2. The number of hydrogen-bond acceptors (Lipinski definition) is 7. The molecular formula is C28H37Cl2N7O. The number of nitrogens with zero attached hydrogens (tertiary/aromatic N) is 4. The Bertz CT molecular complexity index is 1270. The molecule has 4 aromatic rings. The molecule has 10 heteroatoms. The molecule has 8 nitrogen and oxygen atoms in total. The number of halogens is 2. The number of fused-ring (bicyclic) bond motifs is 1. The quantitative estimate of drug-likeness (QED) is 0.146. The summed E-state index contributed by atoms with van der Waals surface area (Å²) in [7, 11) is 0. The zero-order valence-electron chi connectivity index (χ0n) is 21.8. The van der Waals surface area contributed by atoms with Gasteiger partial charge in [0.2, 0.25) is 0 Å². The summed E-state index contributed by atoms with van der Waals surface area (Å²) in [4.78, 5) is 14.0. The van der Waals surface area contributed by atoms with Gasteiger partial charge in [0.05, 0.1) is 23.6 Å². The van der Waals surface area contributed by atoms with E-state index in [1.807, 2.05) is 53.2 Å². The van der Waals surface area contributed by atoms with Crippen molar-refractivity contribution in [1.82, 2.24) is 19.4 Å².